The Bertz CT molecular complexity index is 519. The van der Waals surface area contributed by atoms with Gasteiger partial charge in [0.25, 0.3) is 0 Å². The lowest BCUT2D eigenvalue weighted by atomic mass is 10.1. The molecule has 1 aromatic rings. The average Bonchev–Trinajstić information content (AvgIpc) is 2.47. The minimum Gasteiger partial charge on any atom is -0.508 e. The molecule has 2 rings (SSSR count). The van der Waals surface area contributed by atoms with Gasteiger partial charge in [0.05, 0.1) is 12.2 Å². The summed E-state index contributed by atoms with van der Waals surface area (Å²) in [5.74, 6) is -0.883. The lowest BCUT2D eigenvalue weighted by Gasteiger charge is -2.34. The van der Waals surface area contributed by atoms with Crippen molar-refractivity contribution in [2.45, 2.75) is 32.5 Å². The van der Waals surface area contributed by atoms with E-state index in [-0.39, 0.29) is 18.0 Å². The fourth-order valence-electron chi connectivity index (χ4n) is 2.55. The molecule has 1 fully saturated rings. The molecular formula is C16H22N2O4. The van der Waals surface area contributed by atoms with Gasteiger partial charge in [0.1, 0.15) is 5.75 Å². The highest BCUT2D eigenvalue weighted by Gasteiger charge is 2.29. The van der Waals surface area contributed by atoms with Crippen molar-refractivity contribution in [3.63, 3.8) is 0 Å². The van der Waals surface area contributed by atoms with Gasteiger partial charge in [0.2, 0.25) is 0 Å². The van der Waals surface area contributed by atoms with Crippen LogP contribution < -0.4 is 5.32 Å². The van der Waals surface area contributed by atoms with Crippen LogP contribution in [0.3, 0.4) is 0 Å². The standard InChI is InChI=1S/C16H22N2O4/c1-11-9-18(10-12(2)22-11)16(21)15(20)17-8-7-13-3-5-14(19)6-4-13/h3-6,11-12,19H,7-10H2,1-2H3,(H,17,20). The zero-order valence-electron chi connectivity index (χ0n) is 12.9. The van der Waals surface area contributed by atoms with Gasteiger partial charge in [-0.25, -0.2) is 0 Å². The number of morpholine rings is 1. The Morgan fingerprint density at radius 2 is 1.82 bits per heavy atom. The molecule has 1 aliphatic heterocycles. The molecule has 1 heterocycles. The number of nitrogens with zero attached hydrogens (tertiary/aromatic N) is 1. The van der Waals surface area contributed by atoms with Crippen LogP contribution in [0.4, 0.5) is 0 Å². The van der Waals surface area contributed by atoms with E-state index in [1.54, 1.807) is 24.3 Å². The van der Waals surface area contributed by atoms with Crippen LogP contribution in [0.15, 0.2) is 24.3 Å². The fraction of sp³-hybridized carbons (Fsp3) is 0.500. The van der Waals surface area contributed by atoms with Crippen molar-refractivity contribution in [3.8, 4) is 5.75 Å². The summed E-state index contributed by atoms with van der Waals surface area (Å²) in [7, 11) is 0. The number of nitrogens with one attached hydrogen (secondary N) is 1. The first-order chi connectivity index (χ1) is 10.5. The summed E-state index contributed by atoms with van der Waals surface area (Å²) in [4.78, 5) is 25.6. The molecule has 1 aliphatic rings. The van der Waals surface area contributed by atoms with E-state index in [0.29, 0.717) is 26.1 Å². The number of hydrogen-bond donors (Lipinski definition) is 2. The molecule has 2 amide bonds. The summed E-state index contributed by atoms with van der Waals surface area (Å²) in [6, 6.07) is 6.76. The van der Waals surface area contributed by atoms with Crippen molar-refractivity contribution in [1.29, 1.82) is 0 Å². The van der Waals surface area contributed by atoms with Gasteiger partial charge < -0.3 is 20.1 Å². The Balaban J connectivity index is 1.79. The van der Waals surface area contributed by atoms with Crippen LogP contribution in [-0.2, 0) is 20.7 Å². The van der Waals surface area contributed by atoms with Crippen molar-refractivity contribution >= 4 is 11.8 Å². The van der Waals surface area contributed by atoms with Crippen LogP contribution in [0, 0.1) is 0 Å². The highest BCUT2D eigenvalue weighted by molar-refractivity contribution is 6.35. The summed E-state index contributed by atoms with van der Waals surface area (Å²) in [5.41, 5.74) is 0.985. The lowest BCUT2D eigenvalue weighted by Crippen LogP contribution is -2.52. The number of amides is 2. The van der Waals surface area contributed by atoms with Crippen molar-refractivity contribution in [2.24, 2.45) is 0 Å². The summed E-state index contributed by atoms with van der Waals surface area (Å²) in [6.45, 7) is 5.03. The first kappa shape index (κ1) is 16.3. The molecule has 0 bridgehead atoms. The number of rotatable bonds is 3. The van der Waals surface area contributed by atoms with Gasteiger partial charge in [-0.05, 0) is 38.0 Å². The number of phenolic OH excluding ortho intramolecular Hbond substituents is 1. The maximum atomic E-state index is 12.1. The Morgan fingerprint density at radius 3 is 2.41 bits per heavy atom. The number of carbonyl (C=O) groups is 2. The molecule has 22 heavy (non-hydrogen) atoms. The second-order valence-corrected chi connectivity index (χ2v) is 5.64. The van der Waals surface area contributed by atoms with E-state index in [2.05, 4.69) is 5.32 Å². The molecule has 6 heteroatoms. The molecule has 0 aliphatic carbocycles. The van der Waals surface area contributed by atoms with E-state index in [4.69, 9.17) is 4.74 Å². The Labute approximate surface area is 130 Å². The molecule has 1 aromatic carbocycles. The van der Waals surface area contributed by atoms with Crippen LogP contribution in [0.1, 0.15) is 19.4 Å². The molecule has 2 unspecified atom stereocenters. The van der Waals surface area contributed by atoms with Crippen LogP contribution >= 0.6 is 0 Å². The third kappa shape index (κ3) is 4.46. The van der Waals surface area contributed by atoms with Crippen LogP contribution in [0.5, 0.6) is 5.75 Å². The molecule has 0 spiro atoms. The number of carbonyl (C=O) groups excluding carboxylic acids is 2. The molecule has 0 saturated carbocycles. The second kappa shape index (κ2) is 7.26. The van der Waals surface area contributed by atoms with Gasteiger partial charge in [0, 0.05) is 19.6 Å². The molecule has 2 atom stereocenters. The summed E-state index contributed by atoms with van der Waals surface area (Å²) in [6.07, 6.45) is 0.491. The summed E-state index contributed by atoms with van der Waals surface area (Å²) in [5, 5.41) is 11.8. The zero-order valence-corrected chi connectivity index (χ0v) is 12.9. The highest BCUT2D eigenvalue weighted by Crippen LogP contribution is 2.11. The van der Waals surface area contributed by atoms with Crippen molar-refractivity contribution in [1.82, 2.24) is 10.2 Å². The SMILES string of the molecule is CC1CN(C(=O)C(=O)NCCc2ccc(O)cc2)CC(C)O1. The molecule has 0 radical (unpaired) electrons. The molecule has 2 N–H and O–H groups in total. The van der Waals surface area contributed by atoms with Gasteiger partial charge >= 0.3 is 11.8 Å². The topological polar surface area (TPSA) is 78.9 Å². The minimum atomic E-state index is -0.583. The van der Waals surface area contributed by atoms with Crippen LogP contribution in [0.2, 0.25) is 0 Å². The monoisotopic (exact) mass is 306 g/mol. The molecule has 0 aromatic heterocycles. The Hall–Kier alpha value is -2.08. The fourth-order valence-corrected chi connectivity index (χ4v) is 2.55. The largest absolute Gasteiger partial charge is 0.508 e. The highest BCUT2D eigenvalue weighted by atomic mass is 16.5. The maximum absolute atomic E-state index is 12.1. The number of benzene rings is 1. The van der Waals surface area contributed by atoms with E-state index in [1.165, 1.54) is 4.90 Å². The van der Waals surface area contributed by atoms with Crippen molar-refractivity contribution in [3.05, 3.63) is 29.8 Å². The average molecular weight is 306 g/mol. The lowest BCUT2D eigenvalue weighted by molar-refractivity contribution is -0.153. The van der Waals surface area contributed by atoms with Gasteiger partial charge in [-0.3, -0.25) is 9.59 Å². The van der Waals surface area contributed by atoms with Gasteiger partial charge in [-0.15, -0.1) is 0 Å². The molecule has 120 valence electrons. The summed E-state index contributed by atoms with van der Waals surface area (Å²) < 4.78 is 5.55. The Morgan fingerprint density at radius 1 is 1.23 bits per heavy atom. The van der Waals surface area contributed by atoms with Crippen molar-refractivity contribution in [2.75, 3.05) is 19.6 Å². The second-order valence-electron chi connectivity index (χ2n) is 5.64. The minimum absolute atomic E-state index is 0.0579. The van der Waals surface area contributed by atoms with Crippen LogP contribution in [-0.4, -0.2) is 53.7 Å². The normalized spacial score (nSPS) is 21.5. The molecule has 6 nitrogen and oxygen atoms in total. The molecule has 1 saturated heterocycles. The Kier molecular flexibility index (Phi) is 5.38. The smallest absolute Gasteiger partial charge is 0.312 e. The number of phenols is 1. The summed E-state index contributed by atoms with van der Waals surface area (Å²) >= 11 is 0. The van der Waals surface area contributed by atoms with Crippen molar-refractivity contribution < 1.29 is 19.4 Å². The predicted octanol–water partition coefficient (Wildman–Crippen LogP) is 0.687. The third-order valence-corrected chi connectivity index (χ3v) is 3.54. The predicted molar refractivity (Wildman–Crippen MR) is 81.4 cm³/mol. The van der Waals surface area contributed by atoms with Gasteiger partial charge in [0.15, 0.2) is 0 Å². The van der Waals surface area contributed by atoms with Crippen LogP contribution in [0.25, 0.3) is 0 Å². The van der Waals surface area contributed by atoms with E-state index in [0.717, 1.165) is 5.56 Å². The number of hydrogen-bond acceptors (Lipinski definition) is 4. The van der Waals surface area contributed by atoms with E-state index in [9.17, 15) is 14.7 Å². The van der Waals surface area contributed by atoms with Gasteiger partial charge in [-0.2, -0.15) is 0 Å². The van der Waals surface area contributed by atoms with E-state index < -0.39 is 11.8 Å². The first-order valence-electron chi connectivity index (χ1n) is 7.46. The number of aromatic hydroxyl groups is 1. The van der Waals surface area contributed by atoms with E-state index >= 15 is 0 Å². The quantitative estimate of drug-likeness (QED) is 0.805. The number of ether oxygens (including phenoxy) is 1. The third-order valence-electron chi connectivity index (χ3n) is 3.54. The maximum Gasteiger partial charge on any atom is 0.312 e. The van der Waals surface area contributed by atoms with Gasteiger partial charge in [-0.1, -0.05) is 12.1 Å². The van der Waals surface area contributed by atoms with E-state index in [1.807, 2.05) is 13.8 Å². The molecular weight excluding hydrogens is 284 g/mol. The first-order valence-corrected chi connectivity index (χ1v) is 7.46. The zero-order chi connectivity index (χ0) is 16.1.